The Morgan fingerprint density at radius 2 is 1.62 bits per heavy atom. The van der Waals surface area contributed by atoms with Crippen molar-refractivity contribution in [2.24, 2.45) is 0 Å². The zero-order valence-electron chi connectivity index (χ0n) is 15.3. The van der Waals surface area contributed by atoms with E-state index in [2.05, 4.69) is 47.1 Å². The number of urea groups is 1. The van der Waals surface area contributed by atoms with E-state index >= 15 is 0 Å². The number of aryl methyl sites for hydroxylation is 1. The summed E-state index contributed by atoms with van der Waals surface area (Å²) < 4.78 is 0. The molecule has 0 fully saturated rings. The van der Waals surface area contributed by atoms with Crippen molar-refractivity contribution in [2.75, 3.05) is 23.7 Å². The number of hydrogen-bond acceptors (Lipinski definition) is 2. The lowest BCUT2D eigenvalue weighted by atomic mass is 10.0. The van der Waals surface area contributed by atoms with Crippen LogP contribution in [0.15, 0.2) is 42.5 Å². The number of benzene rings is 2. The van der Waals surface area contributed by atoms with E-state index in [9.17, 15) is 4.79 Å². The van der Waals surface area contributed by atoms with Gasteiger partial charge in [-0.15, -0.1) is 12.4 Å². The Labute approximate surface area is 162 Å². The normalized spacial score (nSPS) is 13.1. The van der Waals surface area contributed by atoms with E-state index < -0.39 is 0 Å². The fourth-order valence-corrected chi connectivity index (χ4v) is 3.18. The van der Waals surface area contributed by atoms with E-state index in [1.807, 2.05) is 18.2 Å². The molecule has 0 radical (unpaired) electrons. The highest BCUT2D eigenvalue weighted by Gasteiger charge is 2.09. The Bertz CT molecular complexity index is 716. The molecule has 0 saturated heterocycles. The van der Waals surface area contributed by atoms with Gasteiger partial charge in [0.05, 0.1) is 0 Å². The highest BCUT2D eigenvalue weighted by Crippen LogP contribution is 2.19. The number of carbonyl (C=O) groups excluding carboxylic acids is 1. The fraction of sp³-hybridized carbons (Fsp3) is 0.381. The van der Waals surface area contributed by atoms with E-state index in [0.717, 1.165) is 43.7 Å². The van der Waals surface area contributed by atoms with Crippen molar-refractivity contribution in [2.45, 2.75) is 39.0 Å². The van der Waals surface area contributed by atoms with Gasteiger partial charge in [-0.3, -0.25) is 0 Å². The summed E-state index contributed by atoms with van der Waals surface area (Å²) in [6, 6.07) is 14.1. The third kappa shape index (κ3) is 5.75. The number of carbonyl (C=O) groups is 1. The average molecular weight is 374 g/mol. The predicted molar refractivity (Wildman–Crippen MR) is 112 cm³/mol. The van der Waals surface area contributed by atoms with E-state index in [1.165, 1.54) is 29.5 Å². The molecule has 1 aliphatic heterocycles. The zero-order chi connectivity index (χ0) is 17.5. The van der Waals surface area contributed by atoms with Crippen molar-refractivity contribution in [1.82, 2.24) is 5.32 Å². The number of fused-ring (bicyclic) bond motifs is 1. The van der Waals surface area contributed by atoms with Gasteiger partial charge in [0.15, 0.2) is 0 Å². The van der Waals surface area contributed by atoms with Crippen LogP contribution in [0.1, 0.15) is 36.5 Å². The molecule has 1 heterocycles. The van der Waals surface area contributed by atoms with Gasteiger partial charge in [-0.05, 0) is 79.7 Å². The molecule has 1 aliphatic rings. The molecule has 0 unspecified atom stereocenters. The molecule has 5 heteroatoms. The molecule has 2 amide bonds. The van der Waals surface area contributed by atoms with E-state index in [4.69, 9.17) is 0 Å². The Morgan fingerprint density at radius 3 is 2.35 bits per heavy atom. The lowest BCUT2D eigenvalue weighted by molar-refractivity contribution is 0.262. The van der Waals surface area contributed by atoms with Crippen LogP contribution in [0.25, 0.3) is 0 Å². The summed E-state index contributed by atoms with van der Waals surface area (Å²) in [6.45, 7) is 4.21. The van der Waals surface area contributed by atoms with Crippen molar-refractivity contribution >= 4 is 29.8 Å². The number of anilines is 2. The molecular weight excluding hydrogens is 346 g/mol. The number of amides is 2. The van der Waals surface area contributed by atoms with Crippen molar-refractivity contribution in [3.8, 4) is 0 Å². The number of nitrogens with one attached hydrogen (secondary N) is 3. The van der Waals surface area contributed by atoms with Crippen LogP contribution in [0.2, 0.25) is 0 Å². The molecular formula is C21H28ClN3O. The van der Waals surface area contributed by atoms with Gasteiger partial charge in [-0.1, -0.05) is 31.5 Å². The highest BCUT2D eigenvalue weighted by atomic mass is 35.5. The number of unbranched alkanes of at least 4 members (excludes halogenated alkanes) is 1. The topological polar surface area (TPSA) is 53.2 Å². The second-order valence-electron chi connectivity index (χ2n) is 6.61. The van der Waals surface area contributed by atoms with Gasteiger partial charge in [-0.2, -0.15) is 0 Å². The maximum absolute atomic E-state index is 12.2. The predicted octanol–water partition coefficient (Wildman–Crippen LogP) is 4.78. The van der Waals surface area contributed by atoms with Gasteiger partial charge >= 0.3 is 6.03 Å². The van der Waals surface area contributed by atoms with Crippen LogP contribution in [0.4, 0.5) is 16.2 Å². The van der Waals surface area contributed by atoms with Crippen molar-refractivity contribution in [3.05, 3.63) is 59.2 Å². The third-order valence-corrected chi connectivity index (χ3v) is 4.64. The lowest BCUT2D eigenvalue weighted by Gasteiger charge is -2.11. The summed E-state index contributed by atoms with van der Waals surface area (Å²) in [6.07, 6.45) is 5.53. The first-order valence-corrected chi connectivity index (χ1v) is 9.24. The summed E-state index contributed by atoms with van der Waals surface area (Å²) in [5.41, 5.74) is 5.67. The zero-order valence-corrected chi connectivity index (χ0v) is 16.1. The molecule has 0 atom stereocenters. The smallest absolute Gasteiger partial charge is 0.316 e. The van der Waals surface area contributed by atoms with Crippen LogP contribution in [-0.2, 0) is 19.3 Å². The van der Waals surface area contributed by atoms with Crippen LogP contribution >= 0.6 is 12.4 Å². The number of rotatable bonds is 5. The van der Waals surface area contributed by atoms with Gasteiger partial charge < -0.3 is 16.0 Å². The van der Waals surface area contributed by atoms with Gasteiger partial charge in [0.25, 0.3) is 0 Å². The number of halogens is 1. The van der Waals surface area contributed by atoms with Crippen LogP contribution in [0, 0.1) is 0 Å². The lowest BCUT2D eigenvalue weighted by Crippen LogP contribution is -2.19. The van der Waals surface area contributed by atoms with Crippen LogP contribution in [0.5, 0.6) is 0 Å². The van der Waals surface area contributed by atoms with Gasteiger partial charge in [0, 0.05) is 11.4 Å². The first-order chi connectivity index (χ1) is 12.2. The average Bonchev–Trinajstić information content (AvgIpc) is 2.86. The van der Waals surface area contributed by atoms with E-state index in [-0.39, 0.29) is 18.4 Å². The first kappa shape index (κ1) is 20.3. The minimum atomic E-state index is -0.201. The molecule has 3 rings (SSSR count). The van der Waals surface area contributed by atoms with Crippen LogP contribution < -0.4 is 16.0 Å². The summed E-state index contributed by atoms with van der Waals surface area (Å²) in [5, 5.41) is 9.25. The molecule has 0 aromatic heterocycles. The largest absolute Gasteiger partial charge is 0.323 e. The number of hydrogen-bond donors (Lipinski definition) is 3. The van der Waals surface area contributed by atoms with Crippen molar-refractivity contribution in [3.63, 3.8) is 0 Å². The Hall–Kier alpha value is -2.04. The minimum Gasteiger partial charge on any atom is -0.316 e. The molecule has 0 aliphatic carbocycles. The molecule has 2 aromatic carbocycles. The quantitative estimate of drug-likeness (QED) is 0.706. The molecule has 2 aromatic rings. The van der Waals surface area contributed by atoms with Crippen LogP contribution in [0.3, 0.4) is 0 Å². The third-order valence-electron chi connectivity index (χ3n) is 4.64. The highest BCUT2D eigenvalue weighted by molar-refractivity contribution is 5.99. The first-order valence-electron chi connectivity index (χ1n) is 9.24. The molecule has 4 nitrogen and oxygen atoms in total. The second-order valence-corrected chi connectivity index (χ2v) is 6.61. The van der Waals surface area contributed by atoms with Crippen molar-refractivity contribution < 1.29 is 4.79 Å². The maximum atomic E-state index is 12.2. The SMILES string of the molecule is CCCCc1ccc(NC(=O)Nc2ccc3c(c2)CCNCC3)cc1.Cl. The summed E-state index contributed by atoms with van der Waals surface area (Å²) in [5.74, 6) is 0. The van der Waals surface area contributed by atoms with Gasteiger partial charge in [0.1, 0.15) is 0 Å². The minimum absolute atomic E-state index is 0. The molecule has 3 N–H and O–H groups in total. The summed E-state index contributed by atoms with van der Waals surface area (Å²) >= 11 is 0. The van der Waals surface area contributed by atoms with Crippen LogP contribution in [-0.4, -0.2) is 19.1 Å². The molecule has 0 saturated carbocycles. The standard InChI is InChI=1S/C21H27N3O.ClH/c1-2-3-4-16-5-8-19(9-6-16)23-21(25)24-20-10-7-17-11-13-22-14-12-18(17)15-20;/h5-10,15,22H,2-4,11-14H2,1H3,(H2,23,24,25);1H. The molecule has 140 valence electrons. The van der Waals surface area contributed by atoms with E-state index in [0.29, 0.717) is 0 Å². The van der Waals surface area contributed by atoms with Crippen molar-refractivity contribution in [1.29, 1.82) is 0 Å². The fourth-order valence-electron chi connectivity index (χ4n) is 3.18. The van der Waals surface area contributed by atoms with Gasteiger partial charge in [0.2, 0.25) is 0 Å². The van der Waals surface area contributed by atoms with Gasteiger partial charge in [-0.25, -0.2) is 4.79 Å². The Morgan fingerprint density at radius 1 is 0.962 bits per heavy atom. The summed E-state index contributed by atoms with van der Waals surface area (Å²) in [7, 11) is 0. The maximum Gasteiger partial charge on any atom is 0.323 e. The molecule has 0 bridgehead atoms. The van der Waals surface area contributed by atoms with E-state index in [1.54, 1.807) is 0 Å². The monoisotopic (exact) mass is 373 g/mol. The molecule has 0 spiro atoms. The molecule has 26 heavy (non-hydrogen) atoms. The second kappa shape index (κ2) is 10.2. The Balaban J connectivity index is 0.00000243. The Kier molecular flexibility index (Phi) is 7.95. The summed E-state index contributed by atoms with van der Waals surface area (Å²) in [4.78, 5) is 12.2.